The number of anilines is 1. The van der Waals surface area contributed by atoms with E-state index < -0.39 is 10.0 Å². The van der Waals surface area contributed by atoms with Gasteiger partial charge >= 0.3 is 0 Å². The van der Waals surface area contributed by atoms with Gasteiger partial charge in [-0.25, -0.2) is 13.6 Å². The topological polar surface area (TPSA) is 98.5 Å². The molecular formula is C11H16N2O4S. The number of nitrogens with one attached hydrogen (secondary N) is 1. The van der Waals surface area contributed by atoms with Crippen LogP contribution >= 0.6 is 0 Å². The van der Waals surface area contributed by atoms with E-state index in [1.165, 1.54) is 18.2 Å². The Morgan fingerprint density at radius 2 is 2.17 bits per heavy atom. The Bertz CT molecular complexity index is 514. The van der Waals surface area contributed by atoms with E-state index in [1.54, 1.807) is 13.2 Å². The van der Waals surface area contributed by atoms with Crippen LogP contribution in [0.3, 0.4) is 0 Å². The molecule has 1 aromatic carbocycles. The van der Waals surface area contributed by atoms with Crippen molar-refractivity contribution in [2.24, 2.45) is 5.14 Å². The average molecular weight is 272 g/mol. The molecule has 3 N–H and O–H groups in total. The number of carbonyl (C=O) groups excluding carboxylic acids is 1. The molecule has 0 aliphatic carbocycles. The van der Waals surface area contributed by atoms with Gasteiger partial charge in [0.15, 0.2) is 0 Å². The fourth-order valence-corrected chi connectivity index (χ4v) is 1.91. The fraction of sp³-hybridized carbons (Fsp3) is 0.364. The molecule has 0 fully saturated rings. The molecule has 1 amide bonds. The molecule has 0 aliphatic heterocycles. The van der Waals surface area contributed by atoms with Gasteiger partial charge in [-0.3, -0.25) is 4.79 Å². The van der Waals surface area contributed by atoms with Crippen molar-refractivity contribution in [1.29, 1.82) is 0 Å². The van der Waals surface area contributed by atoms with E-state index in [1.807, 2.05) is 0 Å². The summed E-state index contributed by atoms with van der Waals surface area (Å²) in [6.45, 7) is 0.505. The molecule has 0 radical (unpaired) electrons. The van der Waals surface area contributed by atoms with Gasteiger partial charge in [0.2, 0.25) is 15.9 Å². The standard InChI is InChI=1S/C11H16N2O4S/c1-17-7-3-6-11(14)13-9-4-2-5-10(8-9)18(12,15)16/h2,4-5,8H,3,6-7H2,1H3,(H,13,14)(H2,12,15,16). The Hall–Kier alpha value is -1.44. The average Bonchev–Trinajstić information content (AvgIpc) is 2.28. The van der Waals surface area contributed by atoms with E-state index in [-0.39, 0.29) is 10.8 Å². The lowest BCUT2D eigenvalue weighted by Gasteiger charge is -2.06. The second kappa shape index (κ2) is 6.48. The Labute approximate surface area is 106 Å². The van der Waals surface area contributed by atoms with Gasteiger partial charge in [0, 0.05) is 25.8 Å². The van der Waals surface area contributed by atoms with Crippen molar-refractivity contribution in [3.63, 3.8) is 0 Å². The molecule has 0 unspecified atom stereocenters. The van der Waals surface area contributed by atoms with Gasteiger partial charge in [0.05, 0.1) is 4.90 Å². The summed E-state index contributed by atoms with van der Waals surface area (Å²) in [6, 6.07) is 5.81. The van der Waals surface area contributed by atoms with Gasteiger partial charge in [-0.05, 0) is 24.6 Å². The smallest absolute Gasteiger partial charge is 0.238 e. The SMILES string of the molecule is COCCCC(=O)Nc1cccc(S(N)(=O)=O)c1. The van der Waals surface area contributed by atoms with Crippen LogP contribution in [0.1, 0.15) is 12.8 Å². The lowest BCUT2D eigenvalue weighted by molar-refractivity contribution is -0.116. The second-order valence-corrected chi connectivity index (χ2v) is 5.28. The number of hydrogen-bond acceptors (Lipinski definition) is 4. The van der Waals surface area contributed by atoms with Gasteiger partial charge in [-0.2, -0.15) is 0 Å². The van der Waals surface area contributed by atoms with Gasteiger partial charge in [0.25, 0.3) is 0 Å². The molecule has 0 saturated carbocycles. The van der Waals surface area contributed by atoms with Gasteiger partial charge < -0.3 is 10.1 Å². The highest BCUT2D eigenvalue weighted by Crippen LogP contribution is 2.14. The Balaban J connectivity index is 2.65. The molecule has 0 bridgehead atoms. The molecule has 0 aliphatic rings. The van der Waals surface area contributed by atoms with Crippen LogP contribution in [-0.2, 0) is 19.6 Å². The lowest BCUT2D eigenvalue weighted by atomic mass is 10.2. The first-order valence-electron chi connectivity index (χ1n) is 5.35. The molecule has 6 nitrogen and oxygen atoms in total. The maximum atomic E-state index is 11.5. The number of nitrogens with two attached hydrogens (primary N) is 1. The number of amides is 1. The number of hydrogen-bond donors (Lipinski definition) is 2. The number of methoxy groups -OCH3 is 1. The third kappa shape index (κ3) is 4.82. The van der Waals surface area contributed by atoms with Crippen molar-refractivity contribution in [2.45, 2.75) is 17.7 Å². The first-order valence-corrected chi connectivity index (χ1v) is 6.90. The minimum Gasteiger partial charge on any atom is -0.385 e. The van der Waals surface area contributed by atoms with Crippen molar-refractivity contribution < 1.29 is 17.9 Å². The monoisotopic (exact) mass is 272 g/mol. The summed E-state index contributed by atoms with van der Waals surface area (Å²) in [5, 5.41) is 7.60. The Morgan fingerprint density at radius 3 is 2.78 bits per heavy atom. The zero-order valence-corrected chi connectivity index (χ0v) is 10.9. The Kier molecular flexibility index (Phi) is 5.26. The van der Waals surface area contributed by atoms with E-state index in [4.69, 9.17) is 9.88 Å². The molecule has 7 heteroatoms. The third-order valence-corrected chi connectivity index (χ3v) is 3.11. The largest absolute Gasteiger partial charge is 0.385 e. The highest BCUT2D eigenvalue weighted by molar-refractivity contribution is 7.89. The summed E-state index contributed by atoms with van der Waals surface area (Å²) in [6.07, 6.45) is 0.921. The van der Waals surface area contributed by atoms with Crippen molar-refractivity contribution in [3.05, 3.63) is 24.3 Å². The van der Waals surface area contributed by atoms with E-state index in [9.17, 15) is 13.2 Å². The molecule has 1 rings (SSSR count). The summed E-state index contributed by atoms with van der Waals surface area (Å²) in [7, 11) is -2.19. The van der Waals surface area contributed by atoms with E-state index in [2.05, 4.69) is 5.32 Å². The maximum absolute atomic E-state index is 11.5. The van der Waals surface area contributed by atoms with Crippen LogP contribution in [0.5, 0.6) is 0 Å². The quantitative estimate of drug-likeness (QED) is 0.745. The first-order chi connectivity index (χ1) is 8.43. The molecule has 100 valence electrons. The third-order valence-electron chi connectivity index (χ3n) is 2.20. The van der Waals surface area contributed by atoms with E-state index >= 15 is 0 Å². The van der Waals surface area contributed by atoms with Crippen LogP contribution < -0.4 is 10.5 Å². The zero-order valence-electron chi connectivity index (χ0n) is 10.0. The molecule has 18 heavy (non-hydrogen) atoms. The molecule has 1 aromatic rings. The normalized spacial score (nSPS) is 11.2. The summed E-state index contributed by atoms with van der Waals surface area (Å²) >= 11 is 0. The highest BCUT2D eigenvalue weighted by atomic mass is 32.2. The first kappa shape index (κ1) is 14.6. The molecule has 0 heterocycles. The predicted molar refractivity (Wildman–Crippen MR) is 67.6 cm³/mol. The van der Waals surface area contributed by atoms with Crippen LogP contribution in [-0.4, -0.2) is 28.0 Å². The number of ether oxygens (including phenoxy) is 1. The van der Waals surface area contributed by atoms with Gasteiger partial charge in [-0.15, -0.1) is 0 Å². The number of primary sulfonamides is 1. The minimum absolute atomic E-state index is 0.0304. The molecule has 0 saturated heterocycles. The van der Waals surface area contributed by atoms with Crippen molar-refractivity contribution >= 4 is 21.6 Å². The molecule has 0 spiro atoms. The molecule has 0 aromatic heterocycles. The van der Waals surface area contributed by atoms with Crippen molar-refractivity contribution in [1.82, 2.24) is 0 Å². The molecule has 0 atom stereocenters. The predicted octanol–water partition coefficient (Wildman–Crippen LogP) is 0.699. The van der Waals surface area contributed by atoms with E-state index in [0.29, 0.717) is 25.1 Å². The summed E-state index contributed by atoms with van der Waals surface area (Å²) in [4.78, 5) is 11.5. The maximum Gasteiger partial charge on any atom is 0.238 e. The number of benzene rings is 1. The number of rotatable bonds is 6. The minimum atomic E-state index is -3.75. The van der Waals surface area contributed by atoms with Crippen LogP contribution in [0.4, 0.5) is 5.69 Å². The van der Waals surface area contributed by atoms with Crippen molar-refractivity contribution in [3.8, 4) is 0 Å². The van der Waals surface area contributed by atoms with Crippen LogP contribution in [0, 0.1) is 0 Å². The summed E-state index contributed by atoms with van der Waals surface area (Å²) in [5.41, 5.74) is 0.406. The number of carbonyl (C=O) groups is 1. The zero-order chi connectivity index (χ0) is 13.6. The molecular weight excluding hydrogens is 256 g/mol. The number of sulfonamides is 1. The van der Waals surface area contributed by atoms with Gasteiger partial charge in [0.1, 0.15) is 0 Å². The van der Waals surface area contributed by atoms with Crippen LogP contribution in [0.25, 0.3) is 0 Å². The van der Waals surface area contributed by atoms with Crippen LogP contribution in [0.2, 0.25) is 0 Å². The summed E-state index contributed by atoms with van der Waals surface area (Å²) in [5.74, 6) is -0.196. The highest BCUT2D eigenvalue weighted by Gasteiger charge is 2.09. The van der Waals surface area contributed by atoms with Crippen LogP contribution in [0.15, 0.2) is 29.2 Å². The van der Waals surface area contributed by atoms with Gasteiger partial charge in [-0.1, -0.05) is 6.07 Å². The second-order valence-electron chi connectivity index (χ2n) is 3.72. The lowest BCUT2D eigenvalue weighted by Crippen LogP contribution is -2.14. The summed E-state index contributed by atoms with van der Waals surface area (Å²) < 4.78 is 27.1. The van der Waals surface area contributed by atoms with E-state index in [0.717, 1.165) is 0 Å². The van der Waals surface area contributed by atoms with Crippen molar-refractivity contribution in [2.75, 3.05) is 19.0 Å². The fourth-order valence-electron chi connectivity index (χ4n) is 1.35. The Morgan fingerprint density at radius 1 is 1.44 bits per heavy atom.